The van der Waals surface area contributed by atoms with Gasteiger partial charge in [-0.2, -0.15) is 0 Å². The second-order valence-corrected chi connectivity index (χ2v) is 5.09. The quantitative estimate of drug-likeness (QED) is 0.747. The maximum atomic E-state index is 6.07. The highest BCUT2D eigenvalue weighted by Gasteiger charge is 2.16. The summed E-state index contributed by atoms with van der Waals surface area (Å²) in [5.74, 6) is 1.81. The van der Waals surface area contributed by atoms with Gasteiger partial charge in [-0.05, 0) is 37.6 Å². The maximum absolute atomic E-state index is 6.07. The number of anilines is 1. The van der Waals surface area contributed by atoms with E-state index in [1.54, 1.807) is 25.6 Å². The number of hydrogen-bond donors (Lipinski definition) is 1. The van der Waals surface area contributed by atoms with E-state index in [-0.39, 0.29) is 0 Å². The van der Waals surface area contributed by atoms with Gasteiger partial charge in [0.2, 0.25) is 0 Å². The van der Waals surface area contributed by atoms with Crippen LogP contribution in [0.4, 0.5) is 5.69 Å². The molecule has 0 fully saturated rings. The fourth-order valence-corrected chi connectivity index (χ4v) is 2.35. The van der Waals surface area contributed by atoms with Crippen LogP contribution < -0.4 is 15.2 Å². The van der Waals surface area contributed by atoms with Crippen LogP contribution in [-0.2, 0) is 0 Å². The number of pyridine rings is 2. The zero-order valence-corrected chi connectivity index (χ0v) is 12.8. The highest BCUT2D eigenvalue weighted by atomic mass is 16.5. The third-order valence-electron chi connectivity index (χ3n) is 3.49. The van der Waals surface area contributed by atoms with Crippen molar-refractivity contribution in [2.24, 2.45) is 0 Å². The number of aryl methyl sites for hydroxylation is 2. The van der Waals surface area contributed by atoms with Crippen LogP contribution in [0.5, 0.6) is 17.2 Å². The Morgan fingerprint density at radius 2 is 1.91 bits per heavy atom. The molecule has 2 aromatic heterocycles. The van der Waals surface area contributed by atoms with Gasteiger partial charge in [-0.25, -0.2) is 0 Å². The zero-order chi connectivity index (χ0) is 15.7. The summed E-state index contributed by atoms with van der Waals surface area (Å²) in [5, 5.41) is 0.847. The molecule has 3 rings (SSSR count). The molecule has 0 bridgehead atoms. The summed E-state index contributed by atoms with van der Waals surface area (Å²) in [7, 11) is 1.59. The van der Waals surface area contributed by atoms with Crippen molar-refractivity contribution in [3.8, 4) is 17.2 Å². The van der Waals surface area contributed by atoms with Gasteiger partial charge in [-0.3, -0.25) is 9.97 Å². The molecule has 112 valence electrons. The van der Waals surface area contributed by atoms with E-state index in [1.807, 2.05) is 32.0 Å². The molecule has 0 saturated carbocycles. The molecule has 0 atom stereocenters. The van der Waals surface area contributed by atoms with E-state index in [4.69, 9.17) is 15.2 Å². The SMILES string of the molecule is COc1cc(N)c2nccc(C)c2c1Oc1ccc(C)nc1. The van der Waals surface area contributed by atoms with Crippen molar-refractivity contribution in [2.75, 3.05) is 12.8 Å². The molecule has 0 saturated heterocycles. The van der Waals surface area contributed by atoms with Crippen molar-refractivity contribution < 1.29 is 9.47 Å². The van der Waals surface area contributed by atoms with E-state index in [0.717, 1.165) is 16.6 Å². The van der Waals surface area contributed by atoms with E-state index >= 15 is 0 Å². The Labute approximate surface area is 128 Å². The smallest absolute Gasteiger partial charge is 0.179 e. The van der Waals surface area contributed by atoms with Crippen LogP contribution in [0.15, 0.2) is 36.7 Å². The van der Waals surface area contributed by atoms with Crippen molar-refractivity contribution in [1.82, 2.24) is 9.97 Å². The first-order valence-electron chi connectivity index (χ1n) is 6.92. The number of ether oxygens (including phenoxy) is 2. The van der Waals surface area contributed by atoms with Crippen LogP contribution in [0.25, 0.3) is 10.9 Å². The lowest BCUT2D eigenvalue weighted by Gasteiger charge is -2.15. The Morgan fingerprint density at radius 3 is 2.59 bits per heavy atom. The molecule has 22 heavy (non-hydrogen) atoms. The van der Waals surface area contributed by atoms with Gasteiger partial charge in [-0.15, -0.1) is 0 Å². The second-order valence-electron chi connectivity index (χ2n) is 5.09. The lowest BCUT2D eigenvalue weighted by molar-refractivity contribution is 0.381. The number of aromatic nitrogens is 2. The fourth-order valence-electron chi connectivity index (χ4n) is 2.35. The summed E-state index contributed by atoms with van der Waals surface area (Å²) < 4.78 is 11.5. The van der Waals surface area contributed by atoms with E-state index in [9.17, 15) is 0 Å². The number of nitrogens with zero attached hydrogens (tertiary/aromatic N) is 2. The first-order valence-corrected chi connectivity index (χ1v) is 6.92. The lowest BCUT2D eigenvalue weighted by Crippen LogP contribution is -1.98. The molecule has 0 spiro atoms. The van der Waals surface area contributed by atoms with Crippen molar-refractivity contribution in [2.45, 2.75) is 13.8 Å². The summed E-state index contributed by atoms with van der Waals surface area (Å²) in [4.78, 5) is 8.60. The normalized spacial score (nSPS) is 10.7. The molecule has 0 radical (unpaired) electrons. The summed E-state index contributed by atoms with van der Waals surface area (Å²) in [6.07, 6.45) is 3.42. The summed E-state index contributed by atoms with van der Waals surface area (Å²) >= 11 is 0. The number of nitrogen functional groups attached to an aromatic ring is 1. The molecule has 3 aromatic rings. The fraction of sp³-hybridized carbons (Fsp3) is 0.176. The van der Waals surface area contributed by atoms with Crippen molar-refractivity contribution in [1.29, 1.82) is 0 Å². The molecule has 5 heteroatoms. The van der Waals surface area contributed by atoms with Gasteiger partial charge in [0.1, 0.15) is 5.75 Å². The first-order chi connectivity index (χ1) is 10.6. The average Bonchev–Trinajstić information content (AvgIpc) is 2.52. The Bertz CT molecular complexity index is 829. The van der Waals surface area contributed by atoms with Crippen LogP contribution in [0.2, 0.25) is 0 Å². The van der Waals surface area contributed by atoms with Gasteiger partial charge in [0.25, 0.3) is 0 Å². The monoisotopic (exact) mass is 295 g/mol. The van der Waals surface area contributed by atoms with E-state index in [0.29, 0.717) is 28.5 Å². The predicted molar refractivity (Wildman–Crippen MR) is 86.5 cm³/mol. The van der Waals surface area contributed by atoms with E-state index in [1.165, 1.54) is 0 Å². The molecule has 0 aliphatic rings. The van der Waals surface area contributed by atoms with Crippen LogP contribution >= 0.6 is 0 Å². The minimum Gasteiger partial charge on any atom is -0.493 e. The largest absolute Gasteiger partial charge is 0.493 e. The third kappa shape index (κ3) is 2.41. The molecule has 0 unspecified atom stereocenters. The number of fused-ring (bicyclic) bond motifs is 1. The average molecular weight is 295 g/mol. The van der Waals surface area contributed by atoms with Crippen molar-refractivity contribution in [3.05, 3.63) is 47.9 Å². The number of methoxy groups -OCH3 is 1. The molecule has 0 aliphatic carbocycles. The highest BCUT2D eigenvalue weighted by Crippen LogP contribution is 2.42. The topological polar surface area (TPSA) is 70.3 Å². The van der Waals surface area contributed by atoms with Gasteiger partial charge in [0, 0.05) is 18.0 Å². The van der Waals surface area contributed by atoms with Gasteiger partial charge >= 0.3 is 0 Å². The van der Waals surface area contributed by atoms with E-state index in [2.05, 4.69) is 9.97 Å². The summed E-state index contributed by atoms with van der Waals surface area (Å²) in [5.41, 5.74) is 9.29. The van der Waals surface area contributed by atoms with Crippen LogP contribution in [-0.4, -0.2) is 17.1 Å². The second kappa shape index (κ2) is 5.52. The molecule has 2 N–H and O–H groups in total. The number of benzene rings is 1. The molecule has 1 aromatic carbocycles. The number of rotatable bonds is 3. The van der Waals surface area contributed by atoms with Crippen molar-refractivity contribution >= 4 is 16.6 Å². The number of nitrogens with two attached hydrogens (primary N) is 1. The first kappa shape index (κ1) is 14.1. The predicted octanol–water partition coefficient (Wildman–Crippen LogP) is 3.63. The Morgan fingerprint density at radius 1 is 1.09 bits per heavy atom. The Kier molecular flexibility index (Phi) is 3.55. The van der Waals surface area contributed by atoms with Gasteiger partial charge < -0.3 is 15.2 Å². The standard InChI is InChI=1S/C17H17N3O2/c1-10-6-7-19-16-13(18)8-14(21-3)17(15(10)16)22-12-5-4-11(2)20-9-12/h4-9H,18H2,1-3H3. The Balaban J connectivity index is 2.22. The molecule has 0 aliphatic heterocycles. The molecular formula is C17H17N3O2. The number of hydrogen-bond acceptors (Lipinski definition) is 5. The lowest BCUT2D eigenvalue weighted by atomic mass is 10.1. The Hall–Kier alpha value is -2.82. The third-order valence-corrected chi connectivity index (χ3v) is 3.49. The van der Waals surface area contributed by atoms with Crippen LogP contribution in [0.3, 0.4) is 0 Å². The minimum atomic E-state index is 0.560. The van der Waals surface area contributed by atoms with E-state index < -0.39 is 0 Å². The maximum Gasteiger partial charge on any atom is 0.179 e. The zero-order valence-electron chi connectivity index (χ0n) is 12.8. The van der Waals surface area contributed by atoms with Crippen molar-refractivity contribution in [3.63, 3.8) is 0 Å². The summed E-state index contributed by atoms with van der Waals surface area (Å²) in [6, 6.07) is 7.41. The molecule has 2 heterocycles. The minimum absolute atomic E-state index is 0.560. The van der Waals surface area contributed by atoms with Crippen LogP contribution in [0, 0.1) is 13.8 Å². The highest BCUT2D eigenvalue weighted by molar-refractivity contribution is 5.98. The molecular weight excluding hydrogens is 278 g/mol. The van der Waals surface area contributed by atoms with Gasteiger partial charge in [0.05, 0.1) is 29.9 Å². The summed E-state index contributed by atoms with van der Waals surface area (Å²) in [6.45, 7) is 3.92. The van der Waals surface area contributed by atoms with Gasteiger partial charge in [0.15, 0.2) is 11.5 Å². The molecule has 5 nitrogen and oxygen atoms in total. The van der Waals surface area contributed by atoms with Crippen LogP contribution in [0.1, 0.15) is 11.3 Å². The molecule has 0 amide bonds. The van der Waals surface area contributed by atoms with Gasteiger partial charge in [-0.1, -0.05) is 0 Å².